The fourth-order valence-electron chi connectivity index (χ4n) is 3.55. The first-order valence-corrected chi connectivity index (χ1v) is 9.15. The molecule has 0 unspecified atom stereocenters. The minimum absolute atomic E-state index is 0.132. The van der Waals surface area contributed by atoms with E-state index in [9.17, 15) is 14.7 Å². The Hall–Kier alpha value is -2.96. The number of nitrogens with one attached hydrogen (secondary N) is 1. The lowest BCUT2D eigenvalue weighted by molar-refractivity contribution is -0.143. The van der Waals surface area contributed by atoms with Crippen LogP contribution in [0.2, 0.25) is 0 Å². The molecule has 0 aliphatic heterocycles. The standard InChI is InChI=1S/C20H22N4O3/c1-12-14(7-8-17(25)21-11-20(9-10-20)19(26)27)13(2)24-18(22-12)15-5-3-4-6-16(15)23-24/h3-6H,7-11H2,1-2H3,(H,21,25)(H,26,27). The molecule has 0 radical (unpaired) electrons. The number of hydrogen-bond acceptors (Lipinski definition) is 4. The van der Waals surface area contributed by atoms with Crippen LogP contribution in [0, 0.1) is 19.3 Å². The van der Waals surface area contributed by atoms with E-state index in [2.05, 4.69) is 10.4 Å². The Morgan fingerprint density at radius 3 is 2.70 bits per heavy atom. The summed E-state index contributed by atoms with van der Waals surface area (Å²) >= 11 is 0. The molecule has 1 aliphatic carbocycles. The second-order valence-corrected chi connectivity index (χ2v) is 7.38. The molecule has 3 aromatic rings. The molecular formula is C20H22N4O3. The summed E-state index contributed by atoms with van der Waals surface area (Å²) < 4.78 is 1.84. The Morgan fingerprint density at radius 2 is 2.00 bits per heavy atom. The van der Waals surface area contributed by atoms with Crippen molar-refractivity contribution in [1.82, 2.24) is 19.9 Å². The molecule has 2 heterocycles. The number of amides is 1. The maximum atomic E-state index is 12.2. The Balaban J connectivity index is 1.51. The van der Waals surface area contributed by atoms with Gasteiger partial charge >= 0.3 is 5.97 Å². The van der Waals surface area contributed by atoms with Gasteiger partial charge in [-0.3, -0.25) is 9.59 Å². The minimum atomic E-state index is -0.824. The molecule has 0 atom stereocenters. The van der Waals surface area contributed by atoms with Gasteiger partial charge < -0.3 is 10.4 Å². The molecule has 0 saturated heterocycles. The molecule has 1 aromatic carbocycles. The predicted molar refractivity (Wildman–Crippen MR) is 101 cm³/mol. The van der Waals surface area contributed by atoms with Gasteiger partial charge in [-0.2, -0.15) is 5.10 Å². The third-order valence-electron chi connectivity index (χ3n) is 5.55. The van der Waals surface area contributed by atoms with Crippen LogP contribution in [0.4, 0.5) is 0 Å². The molecule has 27 heavy (non-hydrogen) atoms. The normalized spacial score (nSPS) is 15.2. The highest BCUT2D eigenvalue weighted by molar-refractivity contribution is 5.92. The number of carbonyl (C=O) groups excluding carboxylic acids is 1. The van der Waals surface area contributed by atoms with E-state index in [4.69, 9.17) is 4.98 Å². The predicted octanol–water partition coefficient (Wildman–Crippen LogP) is 2.41. The van der Waals surface area contributed by atoms with Gasteiger partial charge in [0.25, 0.3) is 0 Å². The number of rotatable bonds is 6. The van der Waals surface area contributed by atoms with Crippen molar-refractivity contribution in [2.45, 2.75) is 39.5 Å². The van der Waals surface area contributed by atoms with Crippen molar-refractivity contribution in [3.05, 3.63) is 41.2 Å². The number of hydrogen-bond donors (Lipinski definition) is 2. The molecule has 140 valence electrons. The zero-order valence-electron chi connectivity index (χ0n) is 15.5. The van der Waals surface area contributed by atoms with Crippen LogP contribution in [0.5, 0.6) is 0 Å². The summed E-state index contributed by atoms with van der Waals surface area (Å²) in [5.41, 5.74) is 3.85. The molecule has 4 rings (SSSR count). The number of carboxylic acids is 1. The van der Waals surface area contributed by atoms with Crippen molar-refractivity contribution < 1.29 is 14.7 Å². The third-order valence-corrected chi connectivity index (χ3v) is 5.55. The summed E-state index contributed by atoms with van der Waals surface area (Å²) in [4.78, 5) is 28.1. The smallest absolute Gasteiger partial charge is 0.311 e. The summed E-state index contributed by atoms with van der Waals surface area (Å²) in [5.74, 6) is -0.957. The summed E-state index contributed by atoms with van der Waals surface area (Å²) in [6, 6.07) is 7.89. The third kappa shape index (κ3) is 3.03. The quantitative estimate of drug-likeness (QED) is 0.698. The highest BCUT2D eigenvalue weighted by Crippen LogP contribution is 2.45. The zero-order chi connectivity index (χ0) is 19.2. The van der Waals surface area contributed by atoms with Crippen LogP contribution < -0.4 is 5.32 Å². The number of nitrogens with zero attached hydrogens (tertiary/aromatic N) is 3. The highest BCUT2D eigenvalue weighted by Gasteiger charge is 2.50. The van der Waals surface area contributed by atoms with Crippen molar-refractivity contribution in [2.24, 2.45) is 5.41 Å². The van der Waals surface area contributed by atoms with Gasteiger partial charge in [-0.05, 0) is 50.8 Å². The van der Waals surface area contributed by atoms with Gasteiger partial charge in [0, 0.05) is 29.7 Å². The van der Waals surface area contributed by atoms with Crippen LogP contribution in [0.1, 0.15) is 36.2 Å². The van der Waals surface area contributed by atoms with Gasteiger partial charge in [0.05, 0.1) is 10.9 Å². The number of benzene rings is 1. The van der Waals surface area contributed by atoms with Crippen LogP contribution in [0.3, 0.4) is 0 Å². The largest absolute Gasteiger partial charge is 0.481 e. The van der Waals surface area contributed by atoms with E-state index < -0.39 is 11.4 Å². The van der Waals surface area contributed by atoms with Crippen LogP contribution in [-0.2, 0) is 16.0 Å². The first kappa shape index (κ1) is 17.5. The van der Waals surface area contributed by atoms with Crippen LogP contribution in [0.15, 0.2) is 24.3 Å². The summed E-state index contributed by atoms with van der Waals surface area (Å²) in [6.45, 7) is 4.15. The molecule has 1 amide bonds. The lowest BCUT2D eigenvalue weighted by Gasteiger charge is -2.13. The molecule has 1 saturated carbocycles. The van der Waals surface area contributed by atoms with E-state index >= 15 is 0 Å². The Labute approximate surface area is 156 Å². The molecule has 0 bridgehead atoms. The van der Waals surface area contributed by atoms with Gasteiger partial charge in [-0.25, -0.2) is 9.50 Å². The molecular weight excluding hydrogens is 344 g/mol. The van der Waals surface area contributed by atoms with Crippen LogP contribution in [0.25, 0.3) is 16.6 Å². The summed E-state index contributed by atoms with van der Waals surface area (Å²) in [6.07, 6.45) is 2.11. The van der Waals surface area contributed by atoms with Crippen molar-refractivity contribution in [1.29, 1.82) is 0 Å². The molecule has 7 heteroatoms. The van der Waals surface area contributed by atoms with E-state index in [1.54, 1.807) is 0 Å². The lowest BCUT2D eigenvalue weighted by Crippen LogP contribution is -2.34. The molecule has 7 nitrogen and oxygen atoms in total. The van der Waals surface area contributed by atoms with Gasteiger partial charge in [-0.15, -0.1) is 0 Å². The second kappa shape index (κ2) is 6.33. The molecule has 0 spiro atoms. The molecule has 1 aliphatic rings. The van der Waals surface area contributed by atoms with Gasteiger partial charge in [-0.1, -0.05) is 12.1 Å². The molecule has 2 aromatic heterocycles. The topological polar surface area (TPSA) is 96.6 Å². The van der Waals surface area contributed by atoms with E-state index in [0.717, 1.165) is 33.5 Å². The average Bonchev–Trinajstić information content (AvgIpc) is 3.36. The van der Waals surface area contributed by atoms with E-state index in [1.165, 1.54) is 0 Å². The van der Waals surface area contributed by atoms with Crippen LogP contribution >= 0.6 is 0 Å². The SMILES string of the molecule is Cc1nc2c3ccccc3nn2c(C)c1CCC(=O)NCC1(C(=O)O)CC1. The number of carboxylic acid groups (broad SMARTS) is 1. The van der Waals surface area contributed by atoms with Crippen molar-refractivity contribution >= 4 is 28.4 Å². The van der Waals surface area contributed by atoms with Crippen molar-refractivity contribution in [2.75, 3.05) is 6.54 Å². The fraction of sp³-hybridized carbons (Fsp3) is 0.400. The average molecular weight is 366 g/mol. The maximum absolute atomic E-state index is 12.2. The van der Waals surface area contributed by atoms with Gasteiger partial charge in [0.1, 0.15) is 0 Å². The highest BCUT2D eigenvalue weighted by atomic mass is 16.4. The maximum Gasteiger partial charge on any atom is 0.311 e. The summed E-state index contributed by atoms with van der Waals surface area (Å²) in [5, 5.41) is 17.6. The van der Waals surface area contributed by atoms with E-state index in [-0.39, 0.29) is 12.5 Å². The second-order valence-electron chi connectivity index (χ2n) is 7.38. The number of aryl methyl sites for hydroxylation is 2. The van der Waals surface area contributed by atoms with E-state index in [1.807, 2.05) is 42.6 Å². The first-order chi connectivity index (χ1) is 12.9. The Morgan fingerprint density at radius 1 is 1.26 bits per heavy atom. The number of carbonyl (C=O) groups is 2. The minimum Gasteiger partial charge on any atom is -0.481 e. The van der Waals surface area contributed by atoms with Crippen molar-refractivity contribution in [3.8, 4) is 0 Å². The molecule has 2 N–H and O–H groups in total. The first-order valence-electron chi connectivity index (χ1n) is 9.15. The Bertz CT molecular complexity index is 1070. The monoisotopic (exact) mass is 366 g/mol. The van der Waals surface area contributed by atoms with E-state index in [0.29, 0.717) is 25.7 Å². The van der Waals surface area contributed by atoms with Gasteiger partial charge in [0.2, 0.25) is 5.91 Å². The van der Waals surface area contributed by atoms with Crippen LogP contribution in [-0.4, -0.2) is 38.1 Å². The number of aliphatic carboxylic acids is 1. The van der Waals surface area contributed by atoms with Gasteiger partial charge in [0.15, 0.2) is 5.65 Å². The number of aromatic nitrogens is 3. The Kier molecular flexibility index (Phi) is 4.09. The molecule has 1 fully saturated rings. The lowest BCUT2D eigenvalue weighted by atomic mass is 10.1. The zero-order valence-corrected chi connectivity index (χ0v) is 15.5. The number of fused-ring (bicyclic) bond motifs is 3. The van der Waals surface area contributed by atoms with Crippen molar-refractivity contribution in [3.63, 3.8) is 0 Å². The fourth-order valence-corrected chi connectivity index (χ4v) is 3.55. The summed E-state index contributed by atoms with van der Waals surface area (Å²) in [7, 11) is 0.